The number of benzene rings is 1. The van der Waals surface area contributed by atoms with Crippen molar-refractivity contribution in [2.24, 2.45) is 0 Å². The largest absolute Gasteiger partial charge is 0.341 e. The van der Waals surface area contributed by atoms with Crippen LogP contribution in [0.15, 0.2) is 53.6 Å². The van der Waals surface area contributed by atoms with Crippen LogP contribution >= 0.6 is 0 Å². The maximum absolute atomic E-state index is 13.2. The van der Waals surface area contributed by atoms with E-state index in [-0.39, 0.29) is 22.7 Å². The third-order valence-electron chi connectivity index (χ3n) is 5.06. The molecule has 0 saturated heterocycles. The highest BCUT2D eigenvalue weighted by Crippen LogP contribution is 2.28. The van der Waals surface area contributed by atoms with Gasteiger partial charge >= 0.3 is 0 Å². The molecule has 1 atom stereocenters. The van der Waals surface area contributed by atoms with Gasteiger partial charge in [0, 0.05) is 29.2 Å². The highest BCUT2D eigenvalue weighted by molar-refractivity contribution is 5.95. The number of alkyl halides is 2. The molecule has 0 saturated carbocycles. The molecule has 0 radical (unpaired) electrons. The summed E-state index contributed by atoms with van der Waals surface area (Å²) in [5, 5.41) is 8.96. The second-order valence-electron chi connectivity index (χ2n) is 6.98. The smallest absolute Gasteiger partial charge is 0.263 e. The van der Waals surface area contributed by atoms with Gasteiger partial charge in [-0.3, -0.25) is 14.6 Å². The van der Waals surface area contributed by atoms with Gasteiger partial charge in [0.05, 0.1) is 22.9 Å². The number of carbonyl (C=O) groups is 1. The molecular formula is C23H19F2N3O2. The van der Waals surface area contributed by atoms with E-state index in [2.05, 4.69) is 4.98 Å². The van der Waals surface area contributed by atoms with E-state index in [0.29, 0.717) is 22.5 Å². The minimum absolute atomic E-state index is 0.0291. The first kappa shape index (κ1) is 21.1. The van der Waals surface area contributed by atoms with Gasteiger partial charge in [-0.15, -0.1) is 0 Å². The number of aromatic nitrogens is 2. The van der Waals surface area contributed by atoms with Crippen molar-refractivity contribution >= 4 is 5.78 Å². The molecule has 7 heteroatoms. The second-order valence-corrected chi connectivity index (χ2v) is 6.98. The zero-order valence-corrected chi connectivity index (χ0v) is 16.7. The lowest BCUT2D eigenvalue weighted by Crippen LogP contribution is -2.23. The Kier molecular flexibility index (Phi) is 5.88. The molecule has 3 aromatic rings. The van der Waals surface area contributed by atoms with Crippen LogP contribution in [-0.2, 0) is 0 Å². The second kappa shape index (κ2) is 8.37. The molecule has 0 aliphatic rings. The van der Waals surface area contributed by atoms with E-state index in [9.17, 15) is 18.4 Å². The van der Waals surface area contributed by atoms with Crippen molar-refractivity contribution in [3.05, 3.63) is 87.1 Å². The van der Waals surface area contributed by atoms with Gasteiger partial charge in [-0.1, -0.05) is 18.2 Å². The summed E-state index contributed by atoms with van der Waals surface area (Å²) < 4.78 is 28.1. The average molecular weight is 407 g/mol. The van der Waals surface area contributed by atoms with Crippen LogP contribution < -0.4 is 5.43 Å². The number of hydrogen-bond donors (Lipinski definition) is 0. The number of ketones is 1. The summed E-state index contributed by atoms with van der Waals surface area (Å²) in [6.45, 7) is 4.84. The average Bonchev–Trinajstić information content (AvgIpc) is 2.73. The van der Waals surface area contributed by atoms with Crippen LogP contribution in [0.2, 0.25) is 0 Å². The fourth-order valence-corrected chi connectivity index (χ4v) is 3.41. The van der Waals surface area contributed by atoms with Gasteiger partial charge in [0.25, 0.3) is 6.43 Å². The Labute approximate surface area is 172 Å². The van der Waals surface area contributed by atoms with Gasteiger partial charge in [0.1, 0.15) is 6.07 Å². The summed E-state index contributed by atoms with van der Waals surface area (Å²) in [7, 11) is 0. The van der Waals surface area contributed by atoms with E-state index in [1.165, 1.54) is 37.5 Å². The third kappa shape index (κ3) is 3.90. The molecule has 0 bridgehead atoms. The van der Waals surface area contributed by atoms with Crippen LogP contribution in [0.5, 0.6) is 0 Å². The minimum Gasteiger partial charge on any atom is -0.341 e. The Balaban J connectivity index is 2.25. The van der Waals surface area contributed by atoms with Gasteiger partial charge in [-0.2, -0.15) is 5.26 Å². The van der Waals surface area contributed by atoms with E-state index in [4.69, 9.17) is 5.26 Å². The maximum atomic E-state index is 13.2. The summed E-state index contributed by atoms with van der Waals surface area (Å²) in [4.78, 5) is 29.5. The maximum Gasteiger partial charge on any atom is 0.263 e. The van der Waals surface area contributed by atoms with Gasteiger partial charge in [-0.05, 0) is 44.5 Å². The molecule has 0 aliphatic carbocycles. The number of nitrogens with zero attached hydrogens (tertiary/aromatic N) is 3. The number of Topliss-reactive ketones (excluding diaryl/α,β-unsaturated/α-hetero) is 1. The van der Waals surface area contributed by atoms with Crippen molar-refractivity contribution in [2.45, 2.75) is 33.2 Å². The molecule has 5 nitrogen and oxygen atoms in total. The lowest BCUT2D eigenvalue weighted by atomic mass is 9.97. The lowest BCUT2D eigenvalue weighted by Gasteiger charge is -2.22. The van der Waals surface area contributed by atoms with Crippen LogP contribution in [0.1, 0.15) is 59.2 Å². The molecule has 0 aliphatic heterocycles. The minimum atomic E-state index is -2.68. The molecule has 3 rings (SSSR count). The highest BCUT2D eigenvalue weighted by atomic mass is 19.3. The van der Waals surface area contributed by atoms with Crippen molar-refractivity contribution in [3.8, 4) is 17.2 Å². The summed E-state index contributed by atoms with van der Waals surface area (Å²) in [6, 6.07) is 10.6. The molecule has 2 aromatic heterocycles. The normalized spacial score (nSPS) is 11.9. The van der Waals surface area contributed by atoms with Crippen LogP contribution in [0.3, 0.4) is 0 Å². The summed E-state index contributed by atoms with van der Waals surface area (Å²) in [6.07, 6.45) is 0.249. The zero-order chi connectivity index (χ0) is 22.0. The predicted octanol–water partition coefficient (Wildman–Crippen LogP) is 4.84. The number of halogens is 2. The van der Waals surface area contributed by atoms with Gasteiger partial charge in [0.2, 0.25) is 0 Å². The van der Waals surface area contributed by atoms with Gasteiger partial charge < -0.3 is 4.57 Å². The van der Waals surface area contributed by atoms with Crippen LogP contribution in [-0.4, -0.2) is 15.3 Å². The lowest BCUT2D eigenvalue weighted by molar-refractivity contribution is 0.101. The Hall–Kier alpha value is -3.66. The molecule has 0 amide bonds. The van der Waals surface area contributed by atoms with Crippen LogP contribution in [0.25, 0.3) is 11.1 Å². The fourth-order valence-electron chi connectivity index (χ4n) is 3.41. The molecule has 0 spiro atoms. The Morgan fingerprint density at radius 3 is 2.53 bits per heavy atom. The van der Waals surface area contributed by atoms with E-state index in [1.54, 1.807) is 29.7 Å². The summed E-state index contributed by atoms with van der Waals surface area (Å²) in [5.74, 6) is -0.417. The van der Waals surface area contributed by atoms with E-state index in [1.807, 2.05) is 13.0 Å². The number of carbonyl (C=O) groups excluding carboxylic acids is 1. The molecule has 2 heterocycles. The molecule has 1 aromatic carbocycles. The van der Waals surface area contributed by atoms with E-state index < -0.39 is 17.6 Å². The van der Waals surface area contributed by atoms with Crippen LogP contribution in [0.4, 0.5) is 8.78 Å². The van der Waals surface area contributed by atoms with Gasteiger partial charge in [0.15, 0.2) is 11.2 Å². The Morgan fingerprint density at radius 2 is 1.97 bits per heavy atom. The molecule has 0 fully saturated rings. The first-order valence-corrected chi connectivity index (χ1v) is 9.25. The monoisotopic (exact) mass is 407 g/mol. The van der Waals surface area contributed by atoms with Crippen molar-refractivity contribution in [2.75, 3.05) is 0 Å². The topological polar surface area (TPSA) is 75.8 Å². The molecule has 30 heavy (non-hydrogen) atoms. The van der Waals surface area contributed by atoms with Crippen molar-refractivity contribution < 1.29 is 13.6 Å². The van der Waals surface area contributed by atoms with E-state index >= 15 is 0 Å². The fraction of sp³-hybridized carbons (Fsp3) is 0.217. The zero-order valence-electron chi connectivity index (χ0n) is 16.7. The quantitative estimate of drug-likeness (QED) is 0.567. The summed E-state index contributed by atoms with van der Waals surface area (Å²) >= 11 is 0. The Morgan fingerprint density at radius 1 is 1.23 bits per heavy atom. The molecule has 1 unspecified atom stereocenters. The number of hydrogen-bond acceptors (Lipinski definition) is 4. The number of pyridine rings is 2. The van der Waals surface area contributed by atoms with E-state index in [0.717, 1.165) is 0 Å². The van der Waals surface area contributed by atoms with Crippen molar-refractivity contribution in [1.82, 2.24) is 9.55 Å². The number of nitriles is 1. The molecule has 152 valence electrons. The first-order valence-electron chi connectivity index (χ1n) is 9.25. The first-order chi connectivity index (χ1) is 14.2. The van der Waals surface area contributed by atoms with Crippen molar-refractivity contribution in [3.63, 3.8) is 0 Å². The highest BCUT2D eigenvalue weighted by Gasteiger charge is 2.21. The summed E-state index contributed by atoms with van der Waals surface area (Å²) in [5.41, 5.74) is 1.36. The number of rotatable bonds is 5. The molecular weight excluding hydrogens is 388 g/mol. The predicted molar refractivity (Wildman–Crippen MR) is 109 cm³/mol. The standard InChI is InChI=1S/C23H19F2N3O2/c1-13(20-8-7-16(10-26)11-27-20)28-12-19(15(3)29)22(30)21(14(28)2)17-5-4-6-18(9-17)23(24)25/h4-9,11-13,23H,1-3H3. The van der Waals surface area contributed by atoms with Gasteiger partial charge in [-0.25, -0.2) is 8.78 Å². The van der Waals surface area contributed by atoms with Crippen molar-refractivity contribution in [1.29, 1.82) is 5.26 Å². The molecule has 0 N–H and O–H groups in total. The third-order valence-corrected chi connectivity index (χ3v) is 5.06. The van der Waals surface area contributed by atoms with Crippen LogP contribution in [0, 0.1) is 18.3 Å². The SMILES string of the molecule is CC(=O)c1cn(C(C)c2ccc(C#N)cn2)c(C)c(-c2cccc(C(F)F)c2)c1=O. The Bertz CT molecular complexity index is 1210.